The maximum atomic E-state index is 12.9. The van der Waals surface area contributed by atoms with Crippen molar-refractivity contribution < 1.29 is 29.0 Å². The molecule has 2 amide bonds. The summed E-state index contributed by atoms with van der Waals surface area (Å²) in [6.07, 6.45) is 0.317. The van der Waals surface area contributed by atoms with Gasteiger partial charge in [0, 0.05) is 24.8 Å². The van der Waals surface area contributed by atoms with E-state index < -0.39 is 23.7 Å². The van der Waals surface area contributed by atoms with E-state index in [2.05, 4.69) is 10.6 Å². The molecular weight excluding hydrogens is 458 g/mol. The van der Waals surface area contributed by atoms with Crippen LogP contribution in [-0.2, 0) is 31.9 Å². The number of hydrogen-bond acceptors (Lipinski definition) is 8. The lowest BCUT2D eigenvalue weighted by Gasteiger charge is -2.26. The Morgan fingerprint density at radius 2 is 1.94 bits per heavy atom. The topological polar surface area (TPSA) is 140 Å². The molecular formula is C24H31N3O6S. The zero-order valence-electron chi connectivity index (χ0n) is 19.8. The Morgan fingerprint density at radius 3 is 2.56 bits per heavy atom. The molecule has 0 spiro atoms. The first-order valence-electron chi connectivity index (χ1n) is 11.0. The van der Waals surface area contributed by atoms with E-state index in [0.29, 0.717) is 23.6 Å². The van der Waals surface area contributed by atoms with E-state index in [9.17, 15) is 19.5 Å². The number of phenolic OH excluding ortho intramolecular Hbond substituents is 1. The van der Waals surface area contributed by atoms with Crippen molar-refractivity contribution in [2.24, 2.45) is 0 Å². The number of hydrogen-bond donors (Lipinski definition) is 4. The molecule has 1 aromatic carbocycles. The molecule has 0 fully saturated rings. The molecule has 184 valence electrons. The van der Waals surface area contributed by atoms with E-state index in [-0.39, 0.29) is 30.5 Å². The fourth-order valence-corrected chi connectivity index (χ4v) is 4.89. The predicted molar refractivity (Wildman–Crippen MR) is 129 cm³/mol. The summed E-state index contributed by atoms with van der Waals surface area (Å²) in [4.78, 5) is 38.1. The van der Waals surface area contributed by atoms with Crippen LogP contribution in [0.4, 0.5) is 5.00 Å². The molecule has 0 radical (unpaired) electrons. The Hall–Kier alpha value is -3.11. The lowest BCUT2D eigenvalue weighted by atomic mass is 10.0. The fourth-order valence-electron chi connectivity index (χ4n) is 3.73. The number of anilines is 1. The number of thiophene rings is 1. The van der Waals surface area contributed by atoms with Crippen LogP contribution in [0.2, 0.25) is 0 Å². The van der Waals surface area contributed by atoms with Crippen LogP contribution in [-0.4, -0.2) is 47.7 Å². The number of nitrogens with one attached hydrogen (secondary N) is 2. The number of amides is 2. The number of nitrogen functional groups attached to an aromatic ring is 1. The molecule has 0 saturated carbocycles. The van der Waals surface area contributed by atoms with Gasteiger partial charge in [0.05, 0.1) is 12.2 Å². The third-order valence-electron chi connectivity index (χ3n) is 5.16. The number of fused-ring (bicyclic) bond motifs is 1. The lowest BCUT2D eigenvalue weighted by molar-refractivity contribution is -0.128. The van der Waals surface area contributed by atoms with Gasteiger partial charge in [-0.1, -0.05) is 12.1 Å². The largest absolute Gasteiger partial charge is 0.508 e. The normalized spacial score (nSPS) is 16.3. The summed E-state index contributed by atoms with van der Waals surface area (Å²) in [6.45, 7) is 7.27. The van der Waals surface area contributed by atoms with Gasteiger partial charge in [-0.05, 0) is 50.5 Å². The summed E-state index contributed by atoms with van der Waals surface area (Å²) in [6, 6.07) is 5.65. The molecule has 3 rings (SSSR count). The summed E-state index contributed by atoms with van der Waals surface area (Å²) >= 11 is 1.26. The van der Waals surface area contributed by atoms with E-state index in [0.717, 1.165) is 16.0 Å². The van der Waals surface area contributed by atoms with Gasteiger partial charge in [0.1, 0.15) is 28.5 Å². The third kappa shape index (κ3) is 6.48. The van der Waals surface area contributed by atoms with Crippen LogP contribution in [0.15, 0.2) is 24.3 Å². The molecule has 0 bridgehead atoms. The van der Waals surface area contributed by atoms with E-state index in [1.807, 2.05) is 0 Å². The van der Waals surface area contributed by atoms with Crippen molar-refractivity contribution in [3.8, 4) is 5.75 Å². The number of phenols is 1. The van der Waals surface area contributed by atoms with Crippen molar-refractivity contribution in [3.63, 3.8) is 0 Å². The van der Waals surface area contributed by atoms with Crippen molar-refractivity contribution in [2.45, 2.75) is 58.3 Å². The second-order valence-electron chi connectivity index (χ2n) is 9.16. The van der Waals surface area contributed by atoms with Crippen molar-refractivity contribution in [1.82, 2.24) is 10.6 Å². The molecule has 0 saturated heterocycles. The third-order valence-corrected chi connectivity index (χ3v) is 6.32. The molecule has 10 heteroatoms. The Bertz CT molecular complexity index is 1060. The van der Waals surface area contributed by atoms with Gasteiger partial charge in [0.2, 0.25) is 11.8 Å². The molecule has 2 atom stereocenters. The maximum Gasteiger partial charge on any atom is 0.341 e. The first-order valence-corrected chi connectivity index (χ1v) is 11.8. The van der Waals surface area contributed by atoms with Crippen molar-refractivity contribution in [2.75, 3.05) is 18.9 Å². The Balaban J connectivity index is 1.72. The average molecular weight is 490 g/mol. The molecule has 1 aromatic heterocycles. The van der Waals surface area contributed by atoms with Gasteiger partial charge in [-0.3, -0.25) is 9.59 Å². The maximum absolute atomic E-state index is 12.9. The Kier molecular flexibility index (Phi) is 7.83. The second kappa shape index (κ2) is 10.4. The van der Waals surface area contributed by atoms with Gasteiger partial charge < -0.3 is 30.9 Å². The highest BCUT2D eigenvalue weighted by Gasteiger charge is 2.33. The van der Waals surface area contributed by atoms with Crippen LogP contribution in [0, 0.1) is 0 Å². The number of ether oxygens (including phenoxy) is 2. The van der Waals surface area contributed by atoms with Gasteiger partial charge in [-0.15, -0.1) is 11.3 Å². The van der Waals surface area contributed by atoms with Gasteiger partial charge in [-0.25, -0.2) is 4.79 Å². The summed E-state index contributed by atoms with van der Waals surface area (Å²) in [7, 11) is 0. The SMILES string of the molecule is CC(=O)NC(Cc1ccc(O)cc1)C(=O)NCC1OCCc2c1sc(N)c2C(=O)OC(C)(C)C. The zero-order chi connectivity index (χ0) is 25.0. The van der Waals surface area contributed by atoms with Crippen LogP contribution >= 0.6 is 11.3 Å². The van der Waals surface area contributed by atoms with E-state index >= 15 is 0 Å². The van der Waals surface area contributed by atoms with Crippen LogP contribution in [0.25, 0.3) is 0 Å². The minimum absolute atomic E-state index is 0.121. The minimum atomic E-state index is -0.796. The smallest absolute Gasteiger partial charge is 0.341 e. The first kappa shape index (κ1) is 25.5. The van der Waals surface area contributed by atoms with E-state index in [1.165, 1.54) is 30.4 Å². The van der Waals surface area contributed by atoms with Gasteiger partial charge >= 0.3 is 5.97 Å². The molecule has 0 aliphatic carbocycles. The second-order valence-corrected chi connectivity index (χ2v) is 10.2. The van der Waals surface area contributed by atoms with Crippen molar-refractivity contribution in [3.05, 3.63) is 45.8 Å². The Morgan fingerprint density at radius 1 is 1.26 bits per heavy atom. The molecule has 2 aromatic rings. The molecule has 2 heterocycles. The molecule has 34 heavy (non-hydrogen) atoms. The van der Waals surface area contributed by atoms with E-state index in [4.69, 9.17) is 15.2 Å². The summed E-state index contributed by atoms with van der Waals surface area (Å²) in [5.41, 5.74) is 7.48. The van der Waals surface area contributed by atoms with Crippen LogP contribution in [0.1, 0.15) is 60.2 Å². The number of esters is 1. The van der Waals surface area contributed by atoms with Crippen molar-refractivity contribution in [1.29, 1.82) is 0 Å². The summed E-state index contributed by atoms with van der Waals surface area (Å²) < 4.78 is 11.4. The number of aromatic hydroxyl groups is 1. The average Bonchev–Trinajstić information content (AvgIpc) is 3.08. The number of benzene rings is 1. The van der Waals surface area contributed by atoms with Crippen LogP contribution in [0.5, 0.6) is 5.75 Å². The lowest BCUT2D eigenvalue weighted by Crippen LogP contribution is -2.48. The molecule has 5 N–H and O–H groups in total. The molecule has 9 nitrogen and oxygen atoms in total. The minimum Gasteiger partial charge on any atom is -0.508 e. The van der Waals surface area contributed by atoms with Gasteiger partial charge in [0.25, 0.3) is 0 Å². The van der Waals surface area contributed by atoms with Crippen molar-refractivity contribution >= 4 is 34.1 Å². The van der Waals surface area contributed by atoms with Crippen LogP contribution in [0.3, 0.4) is 0 Å². The molecule has 1 aliphatic heterocycles. The summed E-state index contributed by atoms with van der Waals surface area (Å²) in [5, 5.41) is 15.3. The quantitative estimate of drug-likeness (QED) is 0.438. The highest BCUT2D eigenvalue weighted by Crippen LogP contribution is 2.40. The van der Waals surface area contributed by atoms with Gasteiger partial charge in [-0.2, -0.15) is 0 Å². The number of nitrogens with two attached hydrogens (primary N) is 1. The number of rotatable bonds is 7. The highest BCUT2D eigenvalue weighted by molar-refractivity contribution is 7.16. The monoisotopic (exact) mass is 489 g/mol. The zero-order valence-corrected chi connectivity index (χ0v) is 20.6. The Labute approximate surface area is 202 Å². The first-order chi connectivity index (χ1) is 15.9. The van der Waals surface area contributed by atoms with Crippen LogP contribution < -0.4 is 16.4 Å². The molecule has 2 unspecified atom stereocenters. The highest BCUT2D eigenvalue weighted by atomic mass is 32.1. The standard InChI is InChI=1S/C24H31N3O6S/c1-13(28)27-17(11-14-5-7-15(29)8-6-14)22(30)26-12-18-20-16(9-10-32-18)19(21(25)34-20)23(31)33-24(2,3)4/h5-8,17-18,29H,9-12,25H2,1-4H3,(H,26,30)(H,27,28). The van der Waals surface area contributed by atoms with E-state index in [1.54, 1.807) is 32.9 Å². The molecule has 1 aliphatic rings. The fraction of sp³-hybridized carbons (Fsp3) is 0.458. The predicted octanol–water partition coefficient (Wildman–Crippen LogP) is 2.47. The summed E-state index contributed by atoms with van der Waals surface area (Å²) in [5.74, 6) is -1.04. The van der Waals surface area contributed by atoms with Gasteiger partial charge in [0.15, 0.2) is 0 Å². The number of carbonyl (C=O) groups is 3. The number of carbonyl (C=O) groups excluding carboxylic acids is 3.